The Morgan fingerprint density at radius 1 is 0.968 bits per heavy atom. The molecule has 1 N–H and O–H groups in total. The number of halogens is 2. The number of aliphatic hydroxyl groups is 1. The number of aryl methyl sites for hydroxylation is 1. The smallest absolute Gasteiger partial charge is 0.294 e. The monoisotopic (exact) mass is 435 g/mol. The Morgan fingerprint density at radius 3 is 2.29 bits per heavy atom. The number of benzene rings is 3. The molecule has 0 saturated carbocycles. The third-order valence-corrected chi connectivity index (χ3v) is 5.55. The summed E-state index contributed by atoms with van der Waals surface area (Å²) in [6, 6.07) is 20.7. The number of hydrogen-bond acceptors (Lipinski definition) is 3. The Balaban J connectivity index is 1.74. The number of aliphatic hydroxyl groups excluding tert-OH is 1. The molecule has 3 aromatic carbocycles. The van der Waals surface area contributed by atoms with Crippen LogP contribution in [0.4, 0.5) is 10.1 Å². The zero-order valence-electron chi connectivity index (χ0n) is 16.5. The van der Waals surface area contributed by atoms with E-state index in [2.05, 4.69) is 0 Å². The zero-order chi connectivity index (χ0) is 22.0. The fourth-order valence-electron chi connectivity index (χ4n) is 3.79. The topological polar surface area (TPSA) is 57.6 Å². The van der Waals surface area contributed by atoms with Gasteiger partial charge in [-0.15, -0.1) is 0 Å². The highest BCUT2D eigenvalue weighted by molar-refractivity contribution is 6.30. The summed E-state index contributed by atoms with van der Waals surface area (Å²) in [6.07, 6.45) is 0.520. The summed E-state index contributed by atoms with van der Waals surface area (Å²) in [5, 5.41) is 11.1. The second-order valence-electron chi connectivity index (χ2n) is 7.25. The molecule has 0 bridgehead atoms. The van der Waals surface area contributed by atoms with E-state index in [0.29, 0.717) is 17.1 Å². The van der Waals surface area contributed by atoms with Crippen LogP contribution in [-0.4, -0.2) is 16.8 Å². The first-order chi connectivity index (χ1) is 15.0. The highest BCUT2D eigenvalue weighted by Gasteiger charge is 2.45. The predicted molar refractivity (Wildman–Crippen MR) is 118 cm³/mol. The van der Waals surface area contributed by atoms with Gasteiger partial charge in [-0.25, -0.2) is 4.39 Å². The Kier molecular flexibility index (Phi) is 5.87. The molecule has 1 atom stereocenters. The van der Waals surface area contributed by atoms with Crippen molar-refractivity contribution >= 4 is 29.0 Å². The molecule has 1 aliphatic heterocycles. The van der Waals surface area contributed by atoms with Gasteiger partial charge in [0.05, 0.1) is 11.6 Å². The van der Waals surface area contributed by atoms with Gasteiger partial charge in [-0.1, -0.05) is 60.1 Å². The van der Waals surface area contributed by atoms with Crippen LogP contribution in [0.3, 0.4) is 0 Å². The maximum absolute atomic E-state index is 14.8. The van der Waals surface area contributed by atoms with Gasteiger partial charge in [-0.05, 0) is 42.3 Å². The number of hydrogen-bond donors (Lipinski definition) is 1. The molecule has 0 radical (unpaired) electrons. The summed E-state index contributed by atoms with van der Waals surface area (Å²) in [7, 11) is 0. The molecule has 0 spiro atoms. The molecule has 4 nitrogen and oxygen atoms in total. The summed E-state index contributed by atoms with van der Waals surface area (Å²) < 4.78 is 14.8. The Morgan fingerprint density at radius 2 is 1.61 bits per heavy atom. The number of rotatable bonds is 6. The van der Waals surface area contributed by atoms with Crippen molar-refractivity contribution in [2.75, 3.05) is 4.90 Å². The summed E-state index contributed by atoms with van der Waals surface area (Å²) >= 11 is 5.96. The molecule has 6 heteroatoms. The van der Waals surface area contributed by atoms with Gasteiger partial charge in [0, 0.05) is 22.7 Å². The van der Waals surface area contributed by atoms with Gasteiger partial charge in [0.2, 0.25) is 0 Å². The van der Waals surface area contributed by atoms with Crippen molar-refractivity contribution in [1.82, 2.24) is 0 Å². The van der Waals surface area contributed by atoms with E-state index < -0.39 is 29.3 Å². The molecule has 4 rings (SSSR count). The number of ketones is 1. The molecular formula is C25H19ClFNO3. The van der Waals surface area contributed by atoms with Crippen molar-refractivity contribution < 1.29 is 19.1 Å². The third-order valence-electron chi connectivity index (χ3n) is 5.30. The van der Waals surface area contributed by atoms with Crippen LogP contribution in [0.25, 0.3) is 0 Å². The van der Waals surface area contributed by atoms with E-state index in [-0.39, 0.29) is 17.6 Å². The molecule has 31 heavy (non-hydrogen) atoms. The van der Waals surface area contributed by atoms with Crippen molar-refractivity contribution in [3.05, 3.63) is 112 Å². The van der Waals surface area contributed by atoms with Crippen LogP contribution < -0.4 is 4.90 Å². The fraction of sp³-hybridized carbons (Fsp3) is 0.120. The molecule has 0 fully saturated rings. The number of carbonyl (C=O) groups excluding carboxylic acids is 2. The molecule has 3 aromatic rings. The van der Waals surface area contributed by atoms with Gasteiger partial charge in [0.1, 0.15) is 5.82 Å². The van der Waals surface area contributed by atoms with Gasteiger partial charge in [-0.3, -0.25) is 14.5 Å². The SMILES string of the molecule is O=C(CCc1ccccc1)C1=C(O)C(=O)N(c2ccc(Cl)cc2)C1c1ccccc1F. The quantitative estimate of drug-likeness (QED) is 0.549. The molecule has 0 saturated heterocycles. The van der Waals surface area contributed by atoms with Crippen LogP contribution >= 0.6 is 11.6 Å². The number of nitrogens with zero attached hydrogens (tertiary/aromatic N) is 1. The number of carbonyl (C=O) groups is 2. The van der Waals surface area contributed by atoms with Crippen molar-refractivity contribution in [1.29, 1.82) is 0 Å². The number of anilines is 1. The van der Waals surface area contributed by atoms with Crippen LogP contribution in [0, 0.1) is 5.82 Å². The van der Waals surface area contributed by atoms with Gasteiger partial charge in [-0.2, -0.15) is 0 Å². The average molecular weight is 436 g/mol. The first kappa shape index (κ1) is 20.8. The fourth-order valence-corrected chi connectivity index (χ4v) is 3.91. The first-order valence-electron chi connectivity index (χ1n) is 9.81. The molecule has 0 aromatic heterocycles. The maximum Gasteiger partial charge on any atom is 0.294 e. The van der Waals surface area contributed by atoms with E-state index in [1.807, 2.05) is 30.3 Å². The average Bonchev–Trinajstić information content (AvgIpc) is 3.04. The molecule has 1 unspecified atom stereocenters. The van der Waals surface area contributed by atoms with Crippen molar-refractivity contribution in [3.63, 3.8) is 0 Å². The van der Waals surface area contributed by atoms with Crippen LogP contribution in [0.2, 0.25) is 5.02 Å². The van der Waals surface area contributed by atoms with E-state index >= 15 is 0 Å². The van der Waals surface area contributed by atoms with Gasteiger partial charge in [0.25, 0.3) is 5.91 Å². The van der Waals surface area contributed by atoms with Gasteiger partial charge < -0.3 is 5.11 Å². The van der Waals surface area contributed by atoms with E-state index in [9.17, 15) is 19.1 Å². The summed E-state index contributed by atoms with van der Waals surface area (Å²) in [6.45, 7) is 0. The van der Waals surface area contributed by atoms with Crippen molar-refractivity contribution in [2.45, 2.75) is 18.9 Å². The Labute approximate surface area is 184 Å². The lowest BCUT2D eigenvalue weighted by atomic mass is 9.92. The lowest BCUT2D eigenvalue weighted by Crippen LogP contribution is -2.31. The van der Waals surface area contributed by atoms with E-state index in [4.69, 9.17) is 11.6 Å². The largest absolute Gasteiger partial charge is 0.503 e. The molecule has 0 aliphatic carbocycles. The van der Waals surface area contributed by atoms with Gasteiger partial charge in [0.15, 0.2) is 11.5 Å². The minimum Gasteiger partial charge on any atom is -0.503 e. The number of Topliss-reactive ketones (excluding diaryl/α,β-unsaturated/α-hetero) is 1. The molecule has 1 amide bonds. The molecule has 1 aliphatic rings. The van der Waals surface area contributed by atoms with Crippen molar-refractivity contribution in [2.24, 2.45) is 0 Å². The van der Waals surface area contributed by atoms with Crippen LogP contribution in [0.5, 0.6) is 0 Å². The zero-order valence-corrected chi connectivity index (χ0v) is 17.2. The summed E-state index contributed by atoms with van der Waals surface area (Å²) in [5.74, 6) is -2.37. The number of amides is 1. The third kappa shape index (κ3) is 4.09. The molecule has 1 heterocycles. The predicted octanol–water partition coefficient (Wildman–Crippen LogP) is 5.58. The Bertz CT molecular complexity index is 1160. The molecular weight excluding hydrogens is 417 g/mol. The summed E-state index contributed by atoms with van der Waals surface area (Å²) in [4.78, 5) is 27.4. The highest BCUT2D eigenvalue weighted by atomic mass is 35.5. The minimum atomic E-state index is -1.07. The van der Waals surface area contributed by atoms with E-state index in [1.54, 1.807) is 30.3 Å². The second-order valence-corrected chi connectivity index (χ2v) is 7.68. The lowest BCUT2D eigenvalue weighted by Gasteiger charge is -2.27. The minimum absolute atomic E-state index is 0.0795. The summed E-state index contributed by atoms with van der Waals surface area (Å²) in [5.41, 5.74) is 1.40. The standard InChI is InChI=1S/C25H19ClFNO3/c26-17-11-13-18(14-12-17)28-23(19-8-4-5-9-20(19)27)22(24(30)25(28)31)21(29)15-10-16-6-2-1-3-7-16/h1-9,11-14,23,30H,10,15H2. The first-order valence-corrected chi connectivity index (χ1v) is 10.2. The second kappa shape index (κ2) is 8.74. The van der Waals surface area contributed by atoms with Crippen molar-refractivity contribution in [3.8, 4) is 0 Å². The van der Waals surface area contributed by atoms with Gasteiger partial charge >= 0.3 is 0 Å². The highest BCUT2D eigenvalue weighted by Crippen LogP contribution is 2.42. The molecule has 156 valence electrons. The van der Waals surface area contributed by atoms with Crippen LogP contribution in [0.1, 0.15) is 23.6 Å². The van der Waals surface area contributed by atoms with E-state index in [0.717, 1.165) is 5.56 Å². The Hall–Kier alpha value is -3.44. The van der Waals surface area contributed by atoms with Crippen LogP contribution in [-0.2, 0) is 16.0 Å². The lowest BCUT2D eigenvalue weighted by molar-refractivity contribution is -0.118. The normalized spacial score (nSPS) is 16.1. The van der Waals surface area contributed by atoms with E-state index in [1.165, 1.54) is 23.1 Å². The maximum atomic E-state index is 14.8. The van der Waals surface area contributed by atoms with Crippen LogP contribution in [0.15, 0.2) is 90.2 Å².